The third kappa shape index (κ3) is 7.16. The minimum atomic E-state index is 0. The van der Waals surface area contributed by atoms with Crippen molar-refractivity contribution in [1.82, 2.24) is 0 Å². The second-order valence-electron chi connectivity index (χ2n) is 9.31. The third-order valence-electron chi connectivity index (χ3n) is 5.89. The largest absolute Gasteiger partial charge is 0.165 e. The Bertz CT molecular complexity index is 1090. The number of fused-ring (bicyclic) bond motifs is 2. The Balaban J connectivity index is 0.000000185. The molecule has 0 bridgehead atoms. The van der Waals surface area contributed by atoms with E-state index in [0.29, 0.717) is 0 Å². The van der Waals surface area contributed by atoms with Gasteiger partial charge in [-0.1, -0.05) is 37.1 Å². The Morgan fingerprint density at radius 3 is 1.38 bits per heavy atom. The molecule has 0 atom stereocenters. The first-order valence-corrected chi connectivity index (χ1v) is 19.1. The fraction of sp³-hybridized carbons (Fsp3) is 0.357. The van der Waals surface area contributed by atoms with Crippen molar-refractivity contribution in [3.8, 4) is 0 Å². The minimum absolute atomic E-state index is 0. The molecule has 4 heteroatoms. The van der Waals surface area contributed by atoms with Crippen LogP contribution in [-0.4, -0.2) is 5.49 Å². The molecule has 0 N–H and O–H groups in total. The topological polar surface area (TPSA) is 0 Å². The van der Waals surface area contributed by atoms with Gasteiger partial charge in [-0.15, -0.1) is 93.9 Å². The van der Waals surface area contributed by atoms with Crippen molar-refractivity contribution in [2.75, 3.05) is 0 Å². The zero-order valence-electron chi connectivity index (χ0n) is 19.6. The van der Waals surface area contributed by atoms with Crippen LogP contribution >= 0.6 is 24.8 Å². The van der Waals surface area contributed by atoms with Gasteiger partial charge in [-0.3, -0.25) is 0 Å². The van der Waals surface area contributed by atoms with Gasteiger partial charge in [0.2, 0.25) is 0 Å². The van der Waals surface area contributed by atoms with Gasteiger partial charge >= 0.3 is 41.6 Å². The van der Waals surface area contributed by atoms with Crippen LogP contribution in [0.3, 0.4) is 0 Å². The Morgan fingerprint density at radius 2 is 1.06 bits per heavy atom. The van der Waals surface area contributed by atoms with Gasteiger partial charge < -0.3 is 0 Å². The van der Waals surface area contributed by atoms with E-state index in [0.717, 1.165) is 11.8 Å². The molecule has 0 unspecified atom stereocenters. The summed E-state index contributed by atoms with van der Waals surface area (Å²) in [5.41, 5.74) is 6.19. The molecule has 2 saturated carbocycles. The molecule has 0 saturated heterocycles. The van der Waals surface area contributed by atoms with Crippen molar-refractivity contribution < 1.29 is 23.0 Å². The van der Waals surface area contributed by atoms with Crippen LogP contribution in [0.4, 0.5) is 0 Å². The number of rotatable bonds is 2. The first-order valence-electron chi connectivity index (χ1n) is 11.3. The summed E-state index contributed by atoms with van der Waals surface area (Å²) in [6, 6.07) is 22.6. The van der Waals surface area contributed by atoms with Gasteiger partial charge in [-0.2, -0.15) is 12.1 Å². The summed E-state index contributed by atoms with van der Waals surface area (Å²) in [6.45, 7) is 9.02. The van der Waals surface area contributed by atoms with E-state index in [-0.39, 0.29) is 30.3 Å². The van der Waals surface area contributed by atoms with Crippen LogP contribution in [0.1, 0.15) is 59.8 Å². The van der Waals surface area contributed by atoms with E-state index >= 15 is 0 Å². The Labute approximate surface area is 220 Å². The van der Waals surface area contributed by atoms with Gasteiger partial charge in [0, 0.05) is 0 Å². The molecule has 0 amide bonds. The van der Waals surface area contributed by atoms with Gasteiger partial charge in [0.25, 0.3) is 0 Å². The fourth-order valence-corrected chi connectivity index (χ4v) is 4.32. The van der Waals surface area contributed by atoms with Crippen LogP contribution in [0.2, 0.25) is 13.1 Å². The average molecular weight is 648 g/mol. The van der Waals surface area contributed by atoms with Crippen molar-refractivity contribution in [2.24, 2.45) is 0 Å². The van der Waals surface area contributed by atoms with E-state index in [1.807, 2.05) is 0 Å². The third-order valence-corrected chi connectivity index (χ3v) is 5.89. The number of hydrogen-bond acceptors (Lipinski definition) is 0. The summed E-state index contributed by atoms with van der Waals surface area (Å²) < 4.78 is 0. The number of halogens is 2. The van der Waals surface area contributed by atoms with Crippen molar-refractivity contribution in [2.45, 2.75) is 64.5 Å². The molecule has 2 aliphatic carbocycles. The van der Waals surface area contributed by atoms with Crippen LogP contribution < -0.4 is 0 Å². The zero-order valence-corrected chi connectivity index (χ0v) is 25.8. The molecule has 4 aromatic rings. The van der Waals surface area contributed by atoms with Gasteiger partial charge in [0.05, 0.1) is 0 Å². The normalized spacial score (nSPS) is 14.4. The second kappa shape index (κ2) is 12.2. The van der Waals surface area contributed by atoms with Gasteiger partial charge in [-0.05, 0) is 37.5 Å². The molecule has 168 valence electrons. The summed E-state index contributed by atoms with van der Waals surface area (Å²) in [7, 11) is 0. The molecule has 0 aromatic heterocycles. The van der Waals surface area contributed by atoms with Gasteiger partial charge in [0.15, 0.2) is 0 Å². The summed E-state index contributed by atoms with van der Waals surface area (Å²) in [4.78, 5) is 0. The van der Waals surface area contributed by atoms with Gasteiger partial charge in [0.1, 0.15) is 0 Å². The molecule has 0 nitrogen and oxygen atoms in total. The number of hydrogen-bond donors (Lipinski definition) is 0. The smallest absolute Gasteiger partial charge is 0.0251 e. The van der Waals surface area contributed by atoms with Crippen LogP contribution in [0.15, 0.2) is 60.7 Å². The molecule has 0 radical (unpaired) electrons. The molecule has 0 heterocycles. The van der Waals surface area contributed by atoms with E-state index in [1.165, 1.54) is 81.4 Å². The molecule has 4 aromatic carbocycles. The maximum Gasteiger partial charge on any atom is -0.0251 e. The van der Waals surface area contributed by atoms with E-state index < -0.39 is 0 Å². The Hall–Kier alpha value is -0.673. The summed E-state index contributed by atoms with van der Waals surface area (Å²) >= 11 is 1.45. The van der Waals surface area contributed by atoms with E-state index in [1.54, 1.807) is 11.1 Å². The van der Waals surface area contributed by atoms with Gasteiger partial charge in [-0.25, -0.2) is 0 Å². The Kier molecular flexibility index (Phi) is 10.5. The molecule has 0 aliphatic heterocycles. The van der Waals surface area contributed by atoms with Crippen LogP contribution in [0, 0.1) is 13.8 Å². The number of benzene rings is 2. The minimum Gasteiger partial charge on any atom is -0.165 e. The molecule has 6 rings (SSSR count). The van der Waals surface area contributed by atoms with E-state index in [4.69, 9.17) is 0 Å². The molecular formula is C28H34Cl2HfSi. The fourth-order valence-electron chi connectivity index (χ4n) is 4.32. The van der Waals surface area contributed by atoms with Crippen LogP contribution in [0.25, 0.3) is 21.5 Å². The van der Waals surface area contributed by atoms with E-state index in [2.05, 4.69) is 87.6 Å². The average Bonchev–Trinajstić information content (AvgIpc) is 3.60. The molecule has 2 fully saturated rings. The second-order valence-corrected chi connectivity index (χ2v) is 22.1. The maximum absolute atomic E-state index is 2.33. The predicted octanol–water partition coefficient (Wildman–Crippen LogP) is 9.12. The first-order chi connectivity index (χ1) is 14.4. The monoisotopic (exact) mass is 648 g/mol. The summed E-state index contributed by atoms with van der Waals surface area (Å²) in [5.74, 6) is 1.73. The standard InChI is InChI=1S/2C13H13.C2H6Si.2ClH.Hf/c2*1-9-7-11-3-2-4-12(10-5-6-10)13(11)8-9;1-3-2;;;/h2*2-4,7-8,10H,5-6H2,1H3;1-2H3;2*1H;/q2*-1;;;;+2. The SMILES string of the molecule is C[Si](C)=[Hf+2].Cc1cc2c(C3CC3)cccc2[cH-]1.Cc1cc2c(C3CC3)cccc2[cH-]1.Cl.Cl. The Morgan fingerprint density at radius 1 is 0.719 bits per heavy atom. The summed E-state index contributed by atoms with van der Waals surface area (Å²) in [5, 5.41) is 5.81. The molecule has 0 spiro atoms. The molecule has 2 aliphatic rings. The van der Waals surface area contributed by atoms with Crippen molar-refractivity contribution >= 4 is 51.9 Å². The maximum atomic E-state index is 2.33. The zero-order chi connectivity index (χ0) is 21.3. The quantitative estimate of drug-likeness (QED) is 0.150. The predicted molar refractivity (Wildman–Crippen MR) is 144 cm³/mol. The van der Waals surface area contributed by atoms with E-state index in [9.17, 15) is 0 Å². The number of aryl methyl sites for hydroxylation is 2. The van der Waals surface area contributed by atoms with Crippen molar-refractivity contribution in [3.05, 3.63) is 82.9 Å². The first kappa shape index (κ1) is 27.6. The summed E-state index contributed by atoms with van der Waals surface area (Å²) in [6.07, 6.45) is 5.57. The van der Waals surface area contributed by atoms with Crippen LogP contribution in [0.5, 0.6) is 0 Å². The molecule has 32 heavy (non-hydrogen) atoms. The van der Waals surface area contributed by atoms with Crippen molar-refractivity contribution in [1.29, 1.82) is 0 Å². The molecular weight excluding hydrogens is 614 g/mol. The van der Waals surface area contributed by atoms with Crippen LogP contribution in [-0.2, 0) is 23.0 Å². The van der Waals surface area contributed by atoms with Crippen molar-refractivity contribution in [3.63, 3.8) is 0 Å².